The third kappa shape index (κ3) is 6.24. The van der Waals surface area contributed by atoms with Crippen LogP contribution < -0.4 is 5.32 Å². The quantitative estimate of drug-likeness (QED) is 0.489. The number of nitrogens with one attached hydrogen (secondary N) is 1. The molecule has 1 fully saturated rings. The van der Waals surface area contributed by atoms with Gasteiger partial charge in [-0.05, 0) is 108 Å². The maximum Gasteiger partial charge on any atom is 0.408 e. The molecule has 5 nitrogen and oxygen atoms in total. The van der Waals surface area contributed by atoms with Crippen LogP contribution >= 0.6 is 15.9 Å². The van der Waals surface area contributed by atoms with E-state index in [9.17, 15) is 9.59 Å². The molecule has 0 heterocycles. The molecule has 0 bridgehead atoms. The lowest BCUT2D eigenvalue weighted by atomic mass is 9.66. The van der Waals surface area contributed by atoms with Gasteiger partial charge in [0, 0.05) is 10.9 Å². The van der Waals surface area contributed by atoms with Gasteiger partial charge in [0.15, 0.2) is 0 Å². The number of esters is 1. The normalized spacial score (nSPS) is 25.8. The number of amides is 1. The van der Waals surface area contributed by atoms with Crippen LogP contribution in [-0.2, 0) is 20.7 Å². The highest BCUT2D eigenvalue weighted by Crippen LogP contribution is 2.55. The highest BCUT2D eigenvalue weighted by molar-refractivity contribution is 9.10. The second kappa shape index (κ2) is 8.76. The van der Waals surface area contributed by atoms with Gasteiger partial charge in [0.05, 0.1) is 6.04 Å². The smallest absolute Gasteiger partial charge is 0.408 e. The van der Waals surface area contributed by atoms with E-state index in [1.807, 2.05) is 41.5 Å². The van der Waals surface area contributed by atoms with Crippen LogP contribution in [0.5, 0.6) is 0 Å². The zero-order chi connectivity index (χ0) is 23.0. The van der Waals surface area contributed by atoms with Crippen LogP contribution in [-0.4, -0.2) is 23.3 Å². The van der Waals surface area contributed by atoms with E-state index in [4.69, 9.17) is 9.47 Å². The number of hydrogen-bond acceptors (Lipinski definition) is 4. The summed E-state index contributed by atoms with van der Waals surface area (Å²) >= 11 is 3.59. The van der Waals surface area contributed by atoms with Gasteiger partial charge >= 0.3 is 12.1 Å². The number of benzene rings is 1. The molecule has 1 amide bonds. The third-order valence-corrected chi connectivity index (χ3v) is 6.70. The first-order valence-electron chi connectivity index (χ1n) is 11.3. The van der Waals surface area contributed by atoms with Crippen LogP contribution in [0.25, 0.3) is 0 Å². The molecule has 172 valence electrons. The number of hydrogen-bond donors (Lipinski definition) is 1. The highest BCUT2D eigenvalue weighted by Gasteiger charge is 2.49. The lowest BCUT2D eigenvalue weighted by Crippen LogP contribution is -2.43. The van der Waals surface area contributed by atoms with Crippen LogP contribution in [0.3, 0.4) is 0 Å². The summed E-state index contributed by atoms with van der Waals surface area (Å²) in [5.74, 6) is 0.216. The fourth-order valence-corrected chi connectivity index (χ4v) is 5.38. The van der Waals surface area contributed by atoms with Gasteiger partial charge in [0.2, 0.25) is 0 Å². The van der Waals surface area contributed by atoms with E-state index in [-0.39, 0.29) is 23.5 Å². The maximum atomic E-state index is 12.7. The molecule has 1 atom stereocenters. The molecular weight excluding hydrogens is 458 g/mol. The zero-order valence-electron chi connectivity index (χ0n) is 19.6. The van der Waals surface area contributed by atoms with Crippen molar-refractivity contribution >= 4 is 28.0 Å². The Balaban J connectivity index is 1.73. The molecule has 3 rings (SSSR count). The molecule has 31 heavy (non-hydrogen) atoms. The molecule has 1 aromatic rings. The minimum atomic E-state index is -0.541. The number of rotatable bonds is 3. The molecule has 6 heteroatoms. The van der Waals surface area contributed by atoms with Crippen molar-refractivity contribution in [3.8, 4) is 0 Å². The standard InChI is InChI=1S/C25H36BrNO4/c1-23(2,3)30-20(28)13-16-9-11-25(12-10-16)15-17-7-8-18(26)14-19(17)21(25)27-22(29)31-24(4,5)6/h7-8,14,16,21H,9-13,15H2,1-6H3,(H,27,29). The van der Waals surface area contributed by atoms with E-state index in [2.05, 4.69) is 39.4 Å². The van der Waals surface area contributed by atoms with Crippen molar-refractivity contribution in [1.29, 1.82) is 0 Å². The van der Waals surface area contributed by atoms with Gasteiger partial charge in [0.1, 0.15) is 11.2 Å². The molecule has 1 unspecified atom stereocenters. The van der Waals surface area contributed by atoms with Gasteiger partial charge in [-0.15, -0.1) is 0 Å². The average molecular weight is 494 g/mol. The van der Waals surface area contributed by atoms with Crippen molar-refractivity contribution in [2.45, 2.75) is 97.3 Å². The molecular formula is C25H36BrNO4. The first-order chi connectivity index (χ1) is 14.3. The first kappa shape index (κ1) is 24.1. The summed E-state index contributed by atoms with van der Waals surface area (Å²) in [5.41, 5.74) is 1.43. The minimum absolute atomic E-state index is 0.0372. The molecule has 0 aromatic heterocycles. The lowest BCUT2D eigenvalue weighted by Gasteiger charge is -2.42. The summed E-state index contributed by atoms with van der Waals surface area (Å²) in [6, 6.07) is 6.26. The van der Waals surface area contributed by atoms with Crippen LogP contribution in [0.1, 0.15) is 90.8 Å². The summed E-state index contributed by atoms with van der Waals surface area (Å²) in [4.78, 5) is 25.0. The van der Waals surface area contributed by atoms with Crippen molar-refractivity contribution in [1.82, 2.24) is 5.32 Å². The molecule has 2 aliphatic carbocycles. The Kier molecular flexibility index (Phi) is 6.81. The fourth-order valence-electron chi connectivity index (χ4n) is 5.00. The topological polar surface area (TPSA) is 64.6 Å². The Morgan fingerprint density at radius 3 is 2.26 bits per heavy atom. The Labute approximate surface area is 194 Å². The first-order valence-corrected chi connectivity index (χ1v) is 12.1. The largest absolute Gasteiger partial charge is 0.460 e. The van der Waals surface area contributed by atoms with E-state index in [0.29, 0.717) is 12.3 Å². The third-order valence-electron chi connectivity index (χ3n) is 6.21. The fraction of sp³-hybridized carbons (Fsp3) is 0.680. The van der Waals surface area contributed by atoms with E-state index in [1.165, 1.54) is 11.1 Å². The molecule has 1 aromatic carbocycles. The van der Waals surface area contributed by atoms with E-state index in [1.54, 1.807) is 0 Å². The zero-order valence-corrected chi connectivity index (χ0v) is 21.2. The predicted octanol–water partition coefficient (Wildman–Crippen LogP) is 6.48. The van der Waals surface area contributed by atoms with Crippen LogP contribution in [0.2, 0.25) is 0 Å². The van der Waals surface area contributed by atoms with Crippen molar-refractivity contribution in [3.05, 3.63) is 33.8 Å². The van der Waals surface area contributed by atoms with Crippen molar-refractivity contribution in [3.63, 3.8) is 0 Å². The SMILES string of the molecule is CC(C)(C)OC(=O)CC1CCC2(CC1)Cc1ccc(Br)cc1C2NC(=O)OC(C)(C)C. The van der Waals surface area contributed by atoms with Gasteiger partial charge in [-0.1, -0.05) is 22.0 Å². The number of ether oxygens (including phenoxy) is 2. The Morgan fingerprint density at radius 2 is 1.68 bits per heavy atom. The summed E-state index contributed by atoms with van der Waals surface area (Å²) < 4.78 is 12.1. The van der Waals surface area contributed by atoms with Gasteiger partial charge in [-0.2, -0.15) is 0 Å². The van der Waals surface area contributed by atoms with Gasteiger partial charge < -0.3 is 14.8 Å². The Morgan fingerprint density at radius 1 is 1.06 bits per heavy atom. The average Bonchev–Trinajstić information content (AvgIpc) is 2.87. The molecule has 0 saturated heterocycles. The number of alkyl carbamates (subject to hydrolysis) is 1. The number of halogens is 1. The maximum absolute atomic E-state index is 12.7. The molecule has 0 aliphatic heterocycles. The van der Waals surface area contributed by atoms with Crippen LogP contribution in [0, 0.1) is 11.3 Å². The molecule has 1 N–H and O–H groups in total. The van der Waals surface area contributed by atoms with E-state index in [0.717, 1.165) is 36.6 Å². The van der Waals surface area contributed by atoms with Crippen molar-refractivity contribution < 1.29 is 19.1 Å². The Bertz CT molecular complexity index is 829. The second-order valence-corrected chi connectivity index (χ2v) is 12.1. The molecule has 1 spiro atoms. The number of carbonyl (C=O) groups is 2. The van der Waals surface area contributed by atoms with Gasteiger partial charge in [-0.3, -0.25) is 4.79 Å². The minimum Gasteiger partial charge on any atom is -0.460 e. The number of carbonyl (C=O) groups excluding carboxylic acids is 2. The van der Waals surface area contributed by atoms with Gasteiger partial charge in [-0.25, -0.2) is 4.79 Å². The molecule has 0 radical (unpaired) electrons. The number of fused-ring (bicyclic) bond motifs is 1. The van der Waals surface area contributed by atoms with Crippen molar-refractivity contribution in [2.75, 3.05) is 0 Å². The van der Waals surface area contributed by atoms with Gasteiger partial charge in [0.25, 0.3) is 0 Å². The highest BCUT2D eigenvalue weighted by atomic mass is 79.9. The van der Waals surface area contributed by atoms with Crippen LogP contribution in [0.4, 0.5) is 4.79 Å². The van der Waals surface area contributed by atoms with E-state index >= 15 is 0 Å². The summed E-state index contributed by atoms with van der Waals surface area (Å²) in [7, 11) is 0. The predicted molar refractivity (Wildman–Crippen MR) is 125 cm³/mol. The van der Waals surface area contributed by atoms with Crippen molar-refractivity contribution in [2.24, 2.45) is 11.3 Å². The lowest BCUT2D eigenvalue weighted by molar-refractivity contribution is -0.156. The second-order valence-electron chi connectivity index (χ2n) is 11.2. The van der Waals surface area contributed by atoms with E-state index < -0.39 is 11.2 Å². The Hall–Kier alpha value is -1.56. The molecule has 2 aliphatic rings. The molecule has 1 saturated carbocycles. The van der Waals surface area contributed by atoms with Crippen LogP contribution in [0.15, 0.2) is 22.7 Å². The summed E-state index contributed by atoms with van der Waals surface area (Å²) in [6.07, 6.45) is 4.88. The summed E-state index contributed by atoms with van der Waals surface area (Å²) in [6.45, 7) is 11.3. The monoisotopic (exact) mass is 493 g/mol. The summed E-state index contributed by atoms with van der Waals surface area (Å²) in [5, 5.41) is 3.19.